The second-order valence-electron chi connectivity index (χ2n) is 5.83. The zero-order valence-electron chi connectivity index (χ0n) is 14.1. The number of hydrogen-bond donors (Lipinski definition) is 1. The number of aromatic nitrogens is 5. The molecule has 0 atom stereocenters. The van der Waals surface area contributed by atoms with Crippen LogP contribution < -0.4 is 10.9 Å². The zero-order chi connectivity index (χ0) is 18.1. The molecule has 8 heteroatoms. The van der Waals surface area contributed by atoms with Crippen molar-refractivity contribution in [2.24, 2.45) is 0 Å². The highest BCUT2D eigenvalue weighted by molar-refractivity contribution is 6.02. The fourth-order valence-corrected chi connectivity index (χ4v) is 2.89. The summed E-state index contributed by atoms with van der Waals surface area (Å²) in [7, 11) is 0. The molecular weight excluding hydrogens is 332 g/mol. The van der Waals surface area contributed by atoms with E-state index in [4.69, 9.17) is 0 Å². The predicted molar refractivity (Wildman–Crippen MR) is 97.8 cm³/mol. The first-order valence-electron chi connectivity index (χ1n) is 8.23. The molecule has 130 valence electrons. The van der Waals surface area contributed by atoms with Crippen molar-refractivity contribution in [1.82, 2.24) is 24.5 Å². The number of carbonyl (C=O) groups is 1. The van der Waals surface area contributed by atoms with Gasteiger partial charge in [-0.05, 0) is 18.4 Å². The van der Waals surface area contributed by atoms with Crippen molar-refractivity contribution in [2.45, 2.75) is 20.0 Å². The van der Waals surface area contributed by atoms with Gasteiger partial charge < -0.3 is 5.32 Å². The first-order valence-corrected chi connectivity index (χ1v) is 8.23. The molecule has 0 aliphatic carbocycles. The molecule has 0 saturated heterocycles. The minimum atomic E-state index is -0.386. The smallest absolute Gasteiger partial charge is 0.283 e. The molecule has 4 rings (SSSR count). The van der Waals surface area contributed by atoms with Gasteiger partial charge in [0.05, 0.1) is 0 Å². The minimum Gasteiger partial charge on any atom is -0.324 e. The molecule has 2 heterocycles. The first-order chi connectivity index (χ1) is 12.7. The van der Waals surface area contributed by atoms with E-state index in [0.717, 1.165) is 10.8 Å². The lowest BCUT2D eigenvalue weighted by molar-refractivity contribution is -0.116. The van der Waals surface area contributed by atoms with Crippen LogP contribution in [0.1, 0.15) is 6.92 Å². The summed E-state index contributed by atoms with van der Waals surface area (Å²) < 4.78 is 2.77. The van der Waals surface area contributed by atoms with E-state index in [1.54, 1.807) is 0 Å². The SMILES string of the molecule is CCn1nnc2c(=O)n(CC(=O)Nc3cccc4ccccc34)cnc21. The van der Waals surface area contributed by atoms with Crippen LogP contribution >= 0.6 is 0 Å². The van der Waals surface area contributed by atoms with E-state index in [-0.39, 0.29) is 23.5 Å². The molecule has 2 aromatic heterocycles. The molecule has 0 spiro atoms. The van der Waals surface area contributed by atoms with Gasteiger partial charge in [-0.25, -0.2) is 9.67 Å². The highest BCUT2D eigenvalue weighted by atomic mass is 16.2. The molecule has 26 heavy (non-hydrogen) atoms. The lowest BCUT2D eigenvalue weighted by Gasteiger charge is -2.09. The van der Waals surface area contributed by atoms with Crippen molar-refractivity contribution >= 4 is 33.5 Å². The Labute approximate surface area is 148 Å². The molecule has 0 bridgehead atoms. The van der Waals surface area contributed by atoms with Crippen LogP contribution in [0.2, 0.25) is 0 Å². The highest BCUT2D eigenvalue weighted by Crippen LogP contribution is 2.22. The van der Waals surface area contributed by atoms with E-state index in [1.807, 2.05) is 49.4 Å². The van der Waals surface area contributed by atoms with Gasteiger partial charge in [0.25, 0.3) is 5.56 Å². The summed E-state index contributed by atoms with van der Waals surface area (Å²) in [6.07, 6.45) is 1.35. The van der Waals surface area contributed by atoms with Crippen LogP contribution in [-0.4, -0.2) is 30.5 Å². The number of anilines is 1. The van der Waals surface area contributed by atoms with Gasteiger partial charge in [-0.3, -0.25) is 14.2 Å². The number of aryl methyl sites for hydroxylation is 1. The normalized spacial score (nSPS) is 11.1. The molecule has 0 aliphatic rings. The van der Waals surface area contributed by atoms with Crippen LogP contribution in [-0.2, 0) is 17.9 Å². The van der Waals surface area contributed by atoms with Gasteiger partial charge in [-0.1, -0.05) is 41.6 Å². The molecule has 2 aromatic carbocycles. The fourth-order valence-electron chi connectivity index (χ4n) is 2.89. The standard InChI is InChI=1S/C18H16N6O2/c1-2-24-17-16(21-22-24)18(26)23(11-19-17)10-15(25)20-14-9-5-7-12-6-3-4-8-13(12)14/h3-9,11H,2,10H2,1H3,(H,20,25). The number of benzene rings is 2. The fraction of sp³-hybridized carbons (Fsp3) is 0.167. The summed E-state index contributed by atoms with van der Waals surface area (Å²) in [6.45, 7) is 2.30. The highest BCUT2D eigenvalue weighted by Gasteiger charge is 2.13. The molecule has 1 amide bonds. The number of amides is 1. The van der Waals surface area contributed by atoms with Gasteiger partial charge in [-0.2, -0.15) is 0 Å². The summed E-state index contributed by atoms with van der Waals surface area (Å²) in [5, 5.41) is 12.6. The first kappa shape index (κ1) is 15.9. The molecule has 0 aliphatic heterocycles. The monoisotopic (exact) mass is 348 g/mol. The third-order valence-corrected chi connectivity index (χ3v) is 4.17. The van der Waals surface area contributed by atoms with E-state index in [2.05, 4.69) is 20.6 Å². The van der Waals surface area contributed by atoms with Crippen LogP contribution in [0.5, 0.6) is 0 Å². The number of nitrogens with one attached hydrogen (secondary N) is 1. The number of hydrogen-bond acceptors (Lipinski definition) is 5. The van der Waals surface area contributed by atoms with E-state index in [0.29, 0.717) is 17.9 Å². The second-order valence-corrected chi connectivity index (χ2v) is 5.83. The average Bonchev–Trinajstić information content (AvgIpc) is 3.08. The quantitative estimate of drug-likeness (QED) is 0.607. The van der Waals surface area contributed by atoms with Gasteiger partial charge in [0.15, 0.2) is 11.2 Å². The number of nitrogens with zero attached hydrogens (tertiary/aromatic N) is 5. The molecule has 0 radical (unpaired) electrons. The van der Waals surface area contributed by atoms with Gasteiger partial charge in [0.1, 0.15) is 12.9 Å². The van der Waals surface area contributed by atoms with Crippen molar-refractivity contribution in [3.63, 3.8) is 0 Å². The van der Waals surface area contributed by atoms with Crippen LogP contribution in [0.15, 0.2) is 53.6 Å². The Morgan fingerprint density at radius 1 is 1.15 bits per heavy atom. The average molecular weight is 348 g/mol. The lowest BCUT2D eigenvalue weighted by Crippen LogP contribution is -2.28. The number of fused-ring (bicyclic) bond motifs is 2. The molecule has 0 fully saturated rings. The molecule has 8 nitrogen and oxygen atoms in total. The Balaban J connectivity index is 1.61. The molecular formula is C18H16N6O2. The third kappa shape index (κ3) is 2.71. The Hall–Kier alpha value is -3.55. The summed E-state index contributed by atoms with van der Waals surface area (Å²) in [4.78, 5) is 29.1. The van der Waals surface area contributed by atoms with Crippen molar-refractivity contribution in [3.05, 3.63) is 59.1 Å². The zero-order valence-corrected chi connectivity index (χ0v) is 14.1. The Bertz CT molecular complexity index is 1170. The number of rotatable bonds is 4. The van der Waals surface area contributed by atoms with Crippen molar-refractivity contribution in [3.8, 4) is 0 Å². The maximum absolute atomic E-state index is 12.5. The molecule has 0 unspecified atom stereocenters. The Morgan fingerprint density at radius 2 is 1.96 bits per heavy atom. The van der Waals surface area contributed by atoms with Crippen LogP contribution in [0.4, 0.5) is 5.69 Å². The predicted octanol–water partition coefficient (Wildman–Crippen LogP) is 1.80. The molecule has 0 saturated carbocycles. The Kier molecular flexibility index (Phi) is 3.92. The number of carbonyl (C=O) groups excluding carboxylic acids is 1. The summed E-state index contributed by atoms with van der Waals surface area (Å²) in [5.41, 5.74) is 0.894. The lowest BCUT2D eigenvalue weighted by atomic mass is 10.1. The summed E-state index contributed by atoms with van der Waals surface area (Å²) in [5.74, 6) is -0.313. The maximum atomic E-state index is 12.5. The van der Waals surface area contributed by atoms with E-state index in [1.165, 1.54) is 15.6 Å². The van der Waals surface area contributed by atoms with Crippen molar-refractivity contribution in [1.29, 1.82) is 0 Å². The largest absolute Gasteiger partial charge is 0.324 e. The van der Waals surface area contributed by atoms with Gasteiger partial charge in [0, 0.05) is 17.6 Å². The van der Waals surface area contributed by atoms with Crippen LogP contribution in [0.25, 0.3) is 21.9 Å². The van der Waals surface area contributed by atoms with E-state index >= 15 is 0 Å². The third-order valence-electron chi connectivity index (χ3n) is 4.17. The van der Waals surface area contributed by atoms with Gasteiger partial charge >= 0.3 is 0 Å². The van der Waals surface area contributed by atoms with E-state index in [9.17, 15) is 9.59 Å². The van der Waals surface area contributed by atoms with Gasteiger partial charge in [-0.15, -0.1) is 5.10 Å². The van der Waals surface area contributed by atoms with Crippen molar-refractivity contribution < 1.29 is 4.79 Å². The van der Waals surface area contributed by atoms with Crippen LogP contribution in [0, 0.1) is 0 Å². The van der Waals surface area contributed by atoms with E-state index < -0.39 is 0 Å². The van der Waals surface area contributed by atoms with Crippen molar-refractivity contribution in [2.75, 3.05) is 5.32 Å². The molecule has 1 N–H and O–H groups in total. The Morgan fingerprint density at radius 3 is 2.81 bits per heavy atom. The van der Waals surface area contributed by atoms with Crippen LogP contribution in [0.3, 0.4) is 0 Å². The second kappa shape index (κ2) is 6.40. The summed E-state index contributed by atoms with van der Waals surface area (Å²) in [6, 6.07) is 13.5. The maximum Gasteiger partial charge on any atom is 0.283 e. The summed E-state index contributed by atoms with van der Waals surface area (Å²) >= 11 is 0. The minimum absolute atomic E-state index is 0.149. The topological polar surface area (TPSA) is 94.7 Å². The van der Waals surface area contributed by atoms with Gasteiger partial charge in [0.2, 0.25) is 5.91 Å². The molecule has 4 aromatic rings.